The number of aromatic nitrogens is 3. The summed E-state index contributed by atoms with van der Waals surface area (Å²) in [5, 5.41) is 5.37. The number of nitrogens with one attached hydrogen (secondary N) is 1. The molecule has 3 aromatic rings. The highest BCUT2D eigenvalue weighted by Gasteiger charge is 2.11. The van der Waals surface area contributed by atoms with Gasteiger partial charge in [-0.1, -0.05) is 19.1 Å². The molecule has 0 aliphatic heterocycles. The molecule has 3 rings (SSSR count). The molecule has 0 aliphatic carbocycles. The molecule has 0 atom stereocenters. The first-order valence-electron chi connectivity index (χ1n) is 8.10. The normalized spacial score (nSPS) is 10.6. The molecule has 2 heterocycles. The van der Waals surface area contributed by atoms with Gasteiger partial charge in [-0.15, -0.1) is 11.3 Å². The fourth-order valence-corrected chi connectivity index (χ4v) is 3.30. The maximum Gasteiger partial charge on any atom is 0.227 e. The van der Waals surface area contributed by atoms with Gasteiger partial charge >= 0.3 is 0 Å². The number of aryl methyl sites for hydroxylation is 2. The highest BCUT2D eigenvalue weighted by Crippen LogP contribution is 2.31. The molecule has 0 aliphatic rings. The standard InChI is InChI=1S/C18H20N4O2S/c1-3-16-19-9-11-22(16)10-8-17(23)21-18-20-14(12-25-18)13-6-4-5-7-15(13)24-2/h4-7,9,11-12H,3,8,10H2,1-2H3,(H,20,21,23). The fraction of sp³-hybridized carbons (Fsp3) is 0.278. The number of carbonyl (C=O) groups is 1. The lowest BCUT2D eigenvalue weighted by Gasteiger charge is -2.06. The second-order valence-electron chi connectivity index (χ2n) is 5.43. The molecule has 1 amide bonds. The SMILES string of the molecule is CCc1nccn1CCC(=O)Nc1nc(-c2ccccc2OC)cs1. The van der Waals surface area contributed by atoms with Crippen LogP contribution < -0.4 is 10.1 Å². The summed E-state index contributed by atoms with van der Waals surface area (Å²) in [6.45, 7) is 2.66. The van der Waals surface area contributed by atoms with Gasteiger partial charge in [0.2, 0.25) is 5.91 Å². The van der Waals surface area contributed by atoms with Crippen LogP contribution in [-0.4, -0.2) is 27.6 Å². The number of para-hydroxylation sites is 1. The number of anilines is 1. The largest absolute Gasteiger partial charge is 0.496 e. The van der Waals surface area contributed by atoms with Crippen LogP contribution in [0.1, 0.15) is 19.2 Å². The first kappa shape index (κ1) is 17.2. The van der Waals surface area contributed by atoms with Crippen molar-refractivity contribution in [3.05, 3.63) is 47.9 Å². The zero-order valence-electron chi connectivity index (χ0n) is 14.2. The van der Waals surface area contributed by atoms with Crippen LogP contribution in [0.15, 0.2) is 42.0 Å². The van der Waals surface area contributed by atoms with E-state index in [4.69, 9.17) is 4.74 Å². The zero-order chi connectivity index (χ0) is 17.6. The smallest absolute Gasteiger partial charge is 0.227 e. The van der Waals surface area contributed by atoms with Crippen LogP contribution >= 0.6 is 11.3 Å². The quantitative estimate of drug-likeness (QED) is 0.702. The van der Waals surface area contributed by atoms with Gasteiger partial charge in [-0.05, 0) is 12.1 Å². The van der Waals surface area contributed by atoms with E-state index in [9.17, 15) is 4.79 Å². The lowest BCUT2D eigenvalue weighted by atomic mass is 10.1. The summed E-state index contributed by atoms with van der Waals surface area (Å²) in [4.78, 5) is 20.9. The number of imidazole rings is 1. The van der Waals surface area contributed by atoms with E-state index in [0.29, 0.717) is 18.1 Å². The molecule has 0 bridgehead atoms. The molecule has 7 heteroatoms. The summed E-state index contributed by atoms with van der Waals surface area (Å²) in [6.07, 6.45) is 4.89. The number of amides is 1. The number of thiazole rings is 1. The van der Waals surface area contributed by atoms with Crippen LogP contribution in [0.2, 0.25) is 0 Å². The Labute approximate surface area is 150 Å². The number of nitrogens with zero attached hydrogens (tertiary/aromatic N) is 3. The molecule has 1 N–H and O–H groups in total. The van der Waals surface area contributed by atoms with Crippen LogP contribution in [0, 0.1) is 0 Å². The predicted octanol–water partition coefficient (Wildman–Crippen LogP) is 3.61. The Morgan fingerprint density at radius 2 is 2.20 bits per heavy atom. The molecule has 0 radical (unpaired) electrons. The molecule has 0 unspecified atom stereocenters. The summed E-state index contributed by atoms with van der Waals surface area (Å²) in [6, 6.07) is 7.69. The Bertz CT molecular complexity index is 856. The molecule has 6 nitrogen and oxygen atoms in total. The van der Waals surface area contributed by atoms with Crippen molar-refractivity contribution in [1.29, 1.82) is 0 Å². The van der Waals surface area contributed by atoms with Crippen molar-refractivity contribution < 1.29 is 9.53 Å². The van der Waals surface area contributed by atoms with Crippen LogP contribution in [0.25, 0.3) is 11.3 Å². The Hall–Kier alpha value is -2.67. The minimum atomic E-state index is -0.0586. The number of hydrogen-bond donors (Lipinski definition) is 1. The zero-order valence-corrected chi connectivity index (χ0v) is 15.0. The lowest BCUT2D eigenvalue weighted by Crippen LogP contribution is -2.15. The van der Waals surface area contributed by atoms with Crippen molar-refractivity contribution in [2.45, 2.75) is 26.3 Å². The highest BCUT2D eigenvalue weighted by molar-refractivity contribution is 7.14. The van der Waals surface area contributed by atoms with Gasteiger partial charge < -0.3 is 14.6 Å². The van der Waals surface area contributed by atoms with Crippen molar-refractivity contribution in [3.63, 3.8) is 0 Å². The average Bonchev–Trinajstić information content (AvgIpc) is 3.28. The van der Waals surface area contributed by atoms with E-state index in [1.165, 1.54) is 11.3 Å². The van der Waals surface area contributed by atoms with Gasteiger partial charge in [0.15, 0.2) is 5.13 Å². The van der Waals surface area contributed by atoms with E-state index < -0.39 is 0 Å². The van der Waals surface area contributed by atoms with E-state index in [1.54, 1.807) is 13.3 Å². The van der Waals surface area contributed by atoms with Crippen molar-refractivity contribution >= 4 is 22.4 Å². The van der Waals surface area contributed by atoms with Gasteiger partial charge in [0.1, 0.15) is 11.6 Å². The van der Waals surface area contributed by atoms with Gasteiger partial charge in [0, 0.05) is 42.7 Å². The number of hydrogen-bond acceptors (Lipinski definition) is 5. The molecule has 1 aromatic carbocycles. The summed E-state index contributed by atoms with van der Waals surface area (Å²) in [7, 11) is 1.63. The van der Waals surface area contributed by atoms with Gasteiger partial charge in [-0.3, -0.25) is 4.79 Å². The van der Waals surface area contributed by atoms with Crippen molar-refractivity contribution in [2.24, 2.45) is 0 Å². The predicted molar refractivity (Wildman–Crippen MR) is 99.0 cm³/mol. The second kappa shape index (κ2) is 7.94. The van der Waals surface area contributed by atoms with Gasteiger partial charge in [0.25, 0.3) is 0 Å². The molecule has 25 heavy (non-hydrogen) atoms. The third kappa shape index (κ3) is 4.06. The molecular formula is C18H20N4O2S. The first-order valence-corrected chi connectivity index (χ1v) is 8.98. The summed E-state index contributed by atoms with van der Waals surface area (Å²) in [5.74, 6) is 1.69. The molecule has 2 aromatic heterocycles. The first-order chi connectivity index (χ1) is 12.2. The molecule has 0 spiro atoms. The molecule has 0 fully saturated rings. The van der Waals surface area contributed by atoms with Crippen LogP contribution in [0.4, 0.5) is 5.13 Å². The van der Waals surface area contributed by atoms with Crippen LogP contribution in [0.5, 0.6) is 5.75 Å². The maximum atomic E-state index is 12.2. The van der Waals surface area contributed by atoms with Gasteiger partial charge in [-0.2, -0.15) is 0 Å². The van der Waals surface area contributed by atoms with Gasteiger partial charge in [-0.25, -0.2) is 9.97 Å². The van der Waals surface area contributed by atoms with E-state index in [-0.39, 0.29) is 5.91 Å². The summed E-state index contributed by atoms with van der Waals surface area (Å²) < 4.78 is 7.36. The number of carbonyl (C=O) groups excluding carboxylic acids is 1. The molecule has 130 valence electrons. The Balaban J connectivity index is 1.62. The summed E-state index contributed by atoms with van der Waals surface area (Å²) >= 11 is 1.41. The highest BCUT2D eigenvalue weighted by atomic mass is 32.1. The van der Waals surface area contributed by atoms with Gasteiger partial charge in [0.05, 0.1) is 12.8 Å². The second-order valence-corrected chi connectivity index (χ2v) is 6.28. The Morgan fingerprint density at radius 3 is 3.00 bits per heavy atom. The third-order valence-corrected chi connectivity index (χ3v) is 4.59. The lowest BCUT2D eigenvalue weighted by molar-refractivity contribution is -0.116. The summed E-state index contributed by atoms with van der Waals surface area (Å²) in [5.41, 5.74) is 1.70. The number of rotatable bonds is 7. The van der Waals surface area contributed by atoms with Crippen molar-refractivity contribution in [2.75, 3.05) is 12.4 Å². The van der Waals surface area contributed by atoms with E-state index >= 15 is 0 Å². The fourth-order valence-electron chi connectivity index (χ4n) is 2.57. The average molecular weight is 356 g/mol. The van der Waals surface area contributed by atoms with E-state index in [0.717, 1.165) is 29.3 Å². The maximum absolute atomic E-state index is 12.2. The molecule has 0 saturated carbocycles. The van der Waals surface area contributed by atoms with Crippen molar-refractivity contribution in [3.8, 4) is 17.0 Å². The monoisotopic (exact) mass is 356 g/mol. The number of benzene rings is 1. The Kier molecular flexibility index (Phi) is 5.45. The van der Waals surface area contributed by atoms with E-state index in [2.05, 4.69) is 15.3 Å². The number of ether oxygens (including phenoxy) is 1. The minimum absolute atomic E-state index is 0.0586. The topological polar surface area (TPSA) is 69.0 Å². The van der Waals surface area contributed by atoms with E-state index in [1.807, 2.05) is 47.3 Å². The molecular weight excluding hydrogens is 336 g/mol. The molecule has 0 saturated heterocycles. The minimum Gasteiger partial charge on any atom is -0.496 e. The van der Waals surface area contributed by atoms with Crippen LogP contribution in [0.3, 0.4) is 0 Å². The third-order valence-electron chi connectivity index (χ3n) is 3.83. The van der Waals surface area contributed by atoms with Crippen LogP contribution in [-0.2, 0) is 17.8 Å². The Morgan fingerprint density at radius 1 is 1.36 bits per heavy atom. The van der Waals surface area contributed by atoms with Crippen molar-refractivity contribution in [1.82, 2.24) is 14.5 Å². The number of methoxy groups -OCH3 is 1.